The first-order chi connectivity index (χ1) is 7.24. The predicted octanol–water partition coefficient (Wildman–Crippen LogP) is 2.18. The Hall–Kier alpha value is 0.470. The summed E-state index contributed by atoms with van der Waals surface area (Å²) in [5.74, 6) is 0.537. The molecule has 1 aromatic heterocycles. The van der Waals surface area contributed by atoms with Crippen LogP contribution >= 0.6 is 24.4 Å². The van der Waals surface area contributed by atoms with Gasteiger partial charge in [-0.15, -0.1) is 0 Å². The Morgan fingerprint density at radius 2 is 1.65 bits per heavy atom. The largest absolute Gasteiger partial charge is 0.326 e. The van der Waals surface area contributed by atoms with E-state index >= 15 is 0 Å². The number of aromatic nitrogens is 3. The van der Waals surface area contributed by atoms with Crippen molar-refractivity contribution in [2.24, 2.45) is 0 Å². The first-order valence-corrected chi connectivity index (χ1v) is 5.08. The molecule has 3 N–H and O–H groups in total. The van der Waals surface area contributed by atoms with E-state index in [1.165, 1.54) is 0 Å². The van der Waals surface area contributed by atoms with Crippen LogP contribution in [0.5, 0.6) is 0 Å². The van der Waals surface area contributed by atoms with E-state index in [9.17, 15) is 0 Å². The molecule has 0 amide bonds. The molecule has 2 aromatic rings. The first kappa shape index (κ1) is 17.5. The van der Waals surface area contributed by atoms with Crippen molar-refractivity contribution in [1.82, 2.24) is 15.0 Å². The molecule has 0 unspecified atom stereocenters. The fourth-order valence-corrected chi connectivity index (χ4v) is 1.56. The van der Waals surface area contributed by atoms with Gasteiger partial charge in [-0.2, -0.15) is 4.98 Å². The zero-order valence-electron chi connectivity index (χ0n) is 9.65. The summed E-state index contributed by atoms with van der Waals surface area (Å²) in [5, 5.41) is 3.07. The summed E-state index contributed by atoms with van der Waals surface area (Å²) in [6, 6.07) is 9.66. The minimum absolute atomic E-state index is 0. The van der Waals surface area contributed by atoms with Gasteiger partial charge in [0, 0.05) is 64.8 Å². The first-order valence-electron chi connectivity index (χ1n) is 4.27. The molecular weight excluding hydrogens is 274 g/mol. The van der Waals surface area contributed by atoms with E-state index in [2.05, 4.69) is 20.3 Å². The van der Waals surface area contributed by atoms with Crippen LogP contribution in [0.1, 0.15) is 0 Å². The van der Waals surface area contributed by atoms with Crippen LogP contribution in [0.25, 0.3) is 0 Å². The van der Waals surface area contributed by atoms with Gasteiger partial charge < -0.3 is 15.3 Å². The maximum absolute atomic E-state index is 4.95. The Morgan fingerprint density at radius 3 is 2.24 bits per heavy atom. The number of nitrogens with zero attached hydrogens (tertiary/aromatic N) is 1. The quantitative estimate of drug-likeness (QED) is 0.584. The average Bonchev–Trinajstić information content (AvgIpc) is 2.17. The van der Waals surface area contributed by atoms with E-state index < -0.39 is 0 Å². The Morgan fingerprint density at radius 1 is 1.00 bits per heavy atom. The molecule has 2 radical (unpaired) electrons. The molecule has 0 saturated heterocycles. The van der Waals surface area contributed by atoms with Gasteiger partial charge in [-0.25, -0.2) is 0 Å². The van der Waals surface area contributed by atoms with E-state index in [4.69, 9.17) is 24.4 Å². The molecule has 0 spiro atoms. The molecule has 0 bridgehead atoms. The molecule has 0 atom stereocenters. The fourth-order valence-electron chi connectivity index (χ4n) is 1.11. The van der Waals surface area contributed by atoms with Crippen molar-refractivity contribution in [2.75, 3.05) is 5.32 Å². The van der Waals surface area contributed by atoms with Crippen molar-refractivity contribution < 1.29 is 0 Å². The van der Waals surface area contributed by atoms with E-state index in [0.29, 0.717) is 15.5 Å². The van der Waals surface area contributed by atoms with E-state index in [1.54, 1.807) is 0 Å². The number of hydrogen-bond acceptors (Lipinski definition) is 4. The number of hydrogen-bond donors (Lipinski definition) is 3. The molecule has 2 rings (SSSR count). The van der Waals surface area contributed by atoms with Crippen LogP contribution in [0.3, 0.4) is 0 Å². The minimum Gasteiger partial charge on any atom is -0.326 e. The smallest absolute Gasteiger partial charge is 0.209 e. The number of rotatable bonds is 2. The summed E-state index contributed by atoms with van der Waals surface area (Å²) in [5.41, 5.74) is 0.927. The summed E-state index contributed by atoms with van der Waals surface area (Å²) in [4.78, 5) is 9.64. The second-order valence-corrected chi connectivity index (χ2v) is 3.63. The van der Waals surface area contributed by atoms with Crippen LogP contribution in [0.2, 0.25) is 0 Å². The summed E-state index contributed by atoms with van der Waals surface area (Å²) in [6.45, 7) is 0. The van der Waals surface area contributed by atoms with Crippen LogP contribution in [-0.2, 0) is 0 Å². The zero-order valence-corrected chi connectivity index (χ0v) is 15.3. The molecule has 1 heterocycles. The molecule has 0 aliphatic rings. The molecule has 0 saturated carbocycles. The molecule has 8 heteroatoms. The van der Waals surface area contributed by atoms with Gasteiger partial charge in [0.15, 0.2) is 4.77 Å². The Labute approximate surface area is 153 Å². The van der Waals surface area contributed by atoms with Crippen molar-refractivity contribution in [3.8, 4) is 0 Å². The van der Waals surface area contributed by atoms with Crippen molar-refractivity contribution >= 4 is 95.2 Å². The van der Waals surface area contributed by atoms with Crippen molar-refractivity contribution in [2.45, 2.75) is 0 Å². The average molecular weight is 282 g/mol. The Kier molecular flexibility index (Phi) is 8.79. The van der Waals surface area contributed by atoms with Crippen LogP contribution in [0.4, 0.5) is 11.6 Å². The van der Waals surface area contributed by atoms with Crippen molar-refractivity contribution in [3.05, 3.63) is 39.9 Å². The Balaban J connectivity index is 0.00000128. The SMILES string of the molecule is S=c1nc(Nc2ccccc2)[nH]c(=S)[nH]1.[Na].[Na]. The van der Waals surface area contributed by atoms with Crippen LogP contribution in [0.15, 0.2) is 30.3 Å². The summed E-state index contributed by atoms with van der Waals surface area (Å²) in [7, 11) is 0. The van der Waals surface area contributed by atoms with Crippen molar-refractivity contribution in [3.63, 3.8) is 0 Å². The molecular formula is C9H8N4Na2S2. The number of para-hydroxylation sites is 1. The van der Waals surface area contributed by atoms with Gasteiger partial charge in [0.2, 0.25) is 10.7 Å². The zero-order chi connectivity index (χ0) is 10.7. The van der Waals surface area contributed by atoms with E-state index in [0.717, 1.165) is 5.69 Å². The summed E-state index contributed by atoms with van der Waals surface area (Å²) < 4.78 is 0.811. The topological polar surface area (TPSA) is 56.5 Å². The van der Waals surface area contributed by atoms with Crippen molar-refractivity contribution in [1.29, 1.82) is 0 Å². The van der Waals surface area contributed by atoms with Crippen LogP contribution in [-0.4, -0.2) is 74.1 Å². The summed E-state index contributed by atoms with van der Waals surface area (Å²) in [6.07, 6.45) is 0. The second kappa shape index (κ2) is 8.55. The predicted molar refractivity (Wildman–Crippen MR) is 75.8 cm³/mol. The van der Waals surface area contributed by atoms with Gasteiger partial charge in [-0.1, -0.05) is 18.2 Å². The molecule has 0 aliphatic heterocycles. The van der Waals surface area contributed by atoms with E-state index in [-0.39, 0.29) is 59.1 Å². The molecule has 0 fully saturated rings. The molecule has 78 valence electrons. The van der Waals surface area contributed by atoms with Gasteiger partial charge in [0.1, 0.15) is 0 Å². The number of aromatic amines is 2. The third kappa shape index (κ3) is 5.76. The maximum atomic E-state index is 4.95. The standard InChI is InChI=1S/C9H8N4S2.2Na/c14-8-11-7(12-9(15)13-8)10-6-4-2-1-3-5-6;;/h1-5H,(H3,10,11,12,13,14,15);;. The number of H-pyrrole nitrogens is 2. The fraction of sp³-hybridized carbons (Fsp3) is 0. The van der Waals surface area contributed by atoms with Crippen LogP contribution in [0, 0.1) is 9.54 Å². The molecule has 4 nitrogen and oxygen atoms in total. The third-order valence-corrected chi connectivity index (χ3v) is 2.10. The number of nitrogens with one attached hydrogen (secondary N) is 3. The van der Waals surface area contributed by atoms with E-state index in [1.807, 2.05) is 30.3 Å². The molecule has 17 heavy (non-hydrogen) atoms. The minimum atomic E-state index is 0. The second-order valence-electron chi connectivity index (χ2n) is 2.84. The monoisotopic (exact) mass is 282 g/mol. The van der Waals surface area contributed by atoms with Gasteiger partial charge in [-0.05, 0) is 36.6 Å². The van der Waals surface area contributed by atoms with Gasteiger partial charge >= 0.3 is 0 Å². The van der Waals surface area contributed by atoms with Gasteiger partial charge in [0.05, 0.1) is 0 Å². The summed E-state index contributed by atoms with van der Waals surface area (Å²) >= 11 is 9.86. The normalized spacial score (nSPS) is 8.71. The molecule has 0 aliphatic carbocycles. The van der Waals surface area contributed by atoms with Crippen LogP contribution < -0.4 is 5.32 Å². The maximum Gasteiger partial charge on any atom is 0.209 e. The number of benzene rings is 1. The Bertz CT molecular complexity index is 539. The number of anilines is 2. The third-order valence-electron chi connectivity index (χ3n) is 1.70. The van der Waals surface area contributed by atoms with Gasteiger partial charge in [-0.3, -0.25) is 0 Å². The molecule has 1 aromatic carbocycles. The van der Waals surface area contributed by atoms with Gasteiger partial charge in [0.25, 0.3) is 0 Å².